The van der Waals surface area contributed by atoms with Crippen molar-refractivity contribution in [2.45, 2.75) is 38.3 Å². The molecule has 0 saturated carbocycles. The van der Waals surface area contributed by atoms with Crippen LogP contribution in [0.4, 0.5) is 14.9 Å². The molecule has 8 nitrogen and oxygen atoms in total. The van der Waals surface area contributed by atoms with Crippen LogP contribution >= 0.6 is 11.8 Å². The van der Waals surface area contributed by atoms with Crippen LogP contribution in [0.15, 0.2) is 23.2 Å². The van der Waals surface area contributed by atoms with Crippen molar-refractivity contribution in [1.29, 1.82) is 0 Å². The van der Waals surface area contributed by atoms with E-state index in [9.17, 15) is 24.4 Å². The van der Waals surface area contributed by atoms with E-state index in [0.717, 1.165) is 17.0 Å². The predicted octanol–water partition coefficient (Wildman–Crippen LogP) is 3.85. The highest BCUT2D eigenvalue weighted by Gasteiger charge is 2.49. The van der Waals surface area contributed by atoms with E-state index in [1.165, 1.54) is 17.8 Å². The highest BCUT2D eigenvalue weighted by atomic mass is 32.2. The fraction of sp³-hybridized carbons (Fsp3) is 0.556. The molecule has 2 aliphatic rings. The Hall–Kier alpha value is -2.20. The van der Waals surface area contributed by atoms with Gasteiger partial charge in [0.05, 0.1) is 11.5 Å². The number of amidine groups is 1. The summed E-state index contributed by atoms with van der Waals surface area (Å²) in [4.78, 5) is 28.4. The van der Waals surface area contributed by atoms with Gasteiger partial charge in [-0.2, -0.15) is 0 Å². The lowest BCUT2D eigenvalue weighted by molar-refractivity contribution is -0.385. The number of aliphatic imine (C=N–C) groups is 1. The van der Waals surface area contributed by atoms with E-state index in [0.29, 0.717) is 18.8 Å². The minimum absolute atomic E-state index is 0.0391. The first kappa shape index (κ1) is 20.5. The van der Waals surface area contributed by atoms with Crippen LogP contribution in [0.25, 0.3) is 0 Å². The van der Waals surface area contributed by atoms with Crippen LogP contribution in [0.3, 0.4) is 0 Å². The molecule has 2 atom stereocenters. The van der Waals surface area contributed by atoms with Crippen LogP contribution in [-0.4, -0.2) is 50.7 Å². The van der Waals surface area contributed by atoms with Crippen LogP contribution in [0.5, 0.6) is 0 Å². The van der Waals surface area contributed by atoms with Gasteiger partial charge in [-0.05, 0) is 33.3 Å². The third kappa shape index (κ3) is 3.58. The number of nitrogens with zero attached hydrogens (tertiary/aromatic N) is 3. The summed E-state index contributed by atoms with van der Waals surface area (Å²) in [7, 11) is 0. The normalized spacial score (nSPS) is 24.9. The van der Waals surface area contributed by atoms with Crippen LogP contribution in [0, 0.1) is 21.8 Å². The number of carboxylic acid groups (broad SMARTS) is 1. The van der Waals surface area contributed by atoms with Crippen LogP contribution < -0.4 is 0 Å². The average Bonchev–Trinajstić information content (AvgIpc) is 2.60. The summed E-state index contributed by atoms with van der Waals surface area (Å²) >= 11 is 1.30. The number of amides is 1. The molecule has 2 heterocycles. The number of hydrogen-bond acceptors (Lipinski definition) is 6. The minimum Gasteiger partial charge on any atom is -0.465 e. The lowest BCUT2D eigenvalue weighted by Gasteiger charge is -2.46. The van der Waals surface area contributed by atoms with Gasteiger partial charge in [0.15, 0.2) is 5.17 Å². The molecular weight excluding hydrogens is 389 g/mol. The Morgan fingerprint density at radius 1 is 1.50 bits per heavy atom. The molecular formula is C18H22FN3O5S. The van der Waals surface area contributed by atoms with Crippen LogP contribution in [0.1, 0.15) is 32.8 Å². The first-order valence-corrected chi connectivity index (χ1v) is 9.83. The molecule has 28 heavy (non-hydrogen) atoms. The monoisotopic (exact) mass is 411 g/mol. The van der Waals surface area contributed by atoms with Gasteiger partial charge in [-0.15, -0.1) is 0 Å². The molecule has 0 aliphatic carbocycles. The van der Waals surface area contributed by atoms with Gasteiger partial charge >= 0.3 is 6.09 Å². The lowest BCUT2D eigenvalue weighted by atomic mass is 9.76. The highest BCUT2D eigenvalue weighted by Crippen LogP contribution is 2.47. The third-order valence-electron chi connectivity index (χ3n) is 5.00. The second kappa shape index (κ2) is 7.32. The molecule has 152 valence electrons. The zero-order chi connectivity index (χ0) is 20.7. The largest absolute Gasteiger partial charge is 0.465 e. The molecule has 2 aliphatic heterocycles. The second-order valence-electron chi connectivity index (χ2n) is 7.88. The van der Waals surface area contributed by atoms with Crippen molar-refractivity contribution in [1.82, 2.24) is 4.90 Å². The van der Waals surface area contributed by atoms with Gasteiger partial charge in [0.2, 0.25) is 0 Å². The van der Waals surface area contributed by atoms with E-state index in [1.54, 1.807) is 20.8 Å². The van der Waals surface area contributed by atoms with E-state index < -0.39 is 27.9 Å². The molecule has 2 unspecified atom stereocenters. The molecule has 0 spiro atoms. The first-order valence-electron chi connectivity index (χ1n) is 8.84. The number of nitro benzene ring substituents is 1. The Labute approximate surface area is 165 Å². The Balaban J connectivity index is 2.20. The van der Waals surface area contributed by atoms with Gasteiger partial charge in [-0.25, -0.2) is 14.2 Å². The summed E-state index contributed by atoms with van der Waals surface area (Å²) in [6.45, 7) is 5.75. The predicted molar refractivity (Wildman–Crippen MR) is 103 cm³/mol. The first-order chi connectivity index (χ1) is 13.1. The molecule has 1 N–H and O–H groups in total. The average molecular weight is 411 g/mol. The molecule has 1 aromatic carbocycles. The second-order valence-corrected chi connectivity index (χ2v) is 8.87. The number of ether oxygens (including phenoxy) is 1. The molecule has 0 bridgehead atoms. The number of carbonyl (C=O) groups is 1. The number of rotatable bonds is 2. The maximum Gasteiger partial charge on any atom is 0.413 e. The van der Waals surface area contributed by atoms with Gasteiger partial charge in [0.1, 0.15) is 11.4 Å². The zero-order valence-electron chi connectivity index (χ0n) is 15.8. The molecule has 3 rings (SSSR count). The minimum atomic E-state index is -1.20. The van der Waals surface area contributed by atoms with Gasteiger partial charge in [-0.3, -0.25) is 15.0 Å². The molecule has 0 aromatic heterocycles. The van der Waals surface area contributed by atoms with Crippen molar-refractivity contribution in [3.8, 4) is 0 Å². The third-order valence-corrected chi connectivity index (χ3v) is 6.10. The van der Waals surface area contributed by atoms with Gasteiger partial charge < -0.3 is 9.84 Å². The smallest absolute Gasteiger partial charge is 0.413 e. The van der Waals surface area contributed by atoms with E-state index >= 15 is 0 Å². The molecule has 1 saturated heterocycles. The summed E-state index contributed by atoms with van der Waals surface area (Å²) in [5.41, 5.74) is -2.13. The Bertz CT molecular complexity index is 841. The SMILES string of the molecule is CC(C)(C)N(C(=O)O)C1=NC2(c3cc([N+](=O)[O-])ccc3F)COCCC2CS1. The topological polar surface area (TPSA) is 105 Å². The Kier molecular flexibility index (Phi) is 5.37. The maximum atomic E-state index is 14.8. The standard InChI is InChI=1S/C18H22FN3O5S/c1-17(2,3)21(16(23)24)15-20-18(10-27-7-6-11(18)9-28-15)13-8-12(22(25)26)4-5-14(13)19/h4-5,8,11H,6-7,9-10H2,1-3H3,(H,23,24). The van der Waals surface area contributed by atoms with Crippen molar-refractivity contribution in [3.05, 3.63) is 39.7 Å². The van der Waals surface area contributed by atoms with E-state index in [4.69, 9.17) is 9.73 Å². The Morgan fingerprint density at radius 2 is 2.21 bits per heavy atom. The van der Waals surface area contributed by atoms with Gasteiger partial charge in [0.25, 0.3) is 5.69 Å². The lowest BCUT2D eigenvalue weighted by Crippen LogP contribution is -2.53. The van der Waals surface area contributed by atoms with E-state index in [2.05, 4.69) is 0 Å². The number of hydrogen-bond donors (Lipinski definition) is 1. The van der Waals surface area contributed by atoms with Gasteiger partial charge in [0, 0.05) is 41.5 Å². The van der Waals surface area contributed by atoms with Crippen LogP contribution in [-0.2, 0) is 10.3 Å². The molecule has 1 fully saturated rings. The van der Waals surface area contributed by atoms with Crippen LogP contribution in [0.2, 0.25) is 0 Å². The number of halogens is 1. The summed E-state index contributed by atoms with van der Waals surface area (Å²) in [6.07, 6.45) is -0.558. The fourth-order valence-corrected chi connectivity index (χ4v) is 5.12. The van der Waals surface area contributed by atoms with Gasteiger partial charge in [-0.1, -0.05) is 11.8 Å². The van der Waals surface area contributed by atoms with Crippen molar-refractivity contribution < 1.29 is 24.0 Å². The number of benzene rings is 1. The molecule has 0 radical (unpaired) electrons. The number of nitro groups is 1. The number of fused-ring (bicyclic) bond motifs is 1. The summed E-state index contributed by atoms with van der Waals surface area (Å²) < 4.78 is 20.4. The molecule has 1 aromatic rings. The molecule has 1 amide bonds. The maximum absolute atomic E-state index is 14.8. The van der Waals surface area contributed by atoms with Crippen molar-refractivity contribution in [2.24, 2.45) is 10.9 Å². The van der Waals surface area contributed by atoms with E-state index in [1.807, 2.05) is 0 Å². The Morgan fingerprint density at radius 3 is 2.82 bits per heavy atom. The highest BCUT2D eigenvalue weighted by molar-refractivity contribution is 8.13. The molecule has 10 heteroatoms. The van der Waals surface area contributed by atoms with E-state index in [-0.39, 0.29) is 28.9 Å². The quantitative estimate of drug-likeness (QED) is 0.585. The van der Waals surface area contributed by atoms with Crippen molar-refractivity contribution in [2.75, 3.05) is 19.0 Å². The van der Waals surface area contributed by atoms with Crippen molar-refractivity contribution >= 4 is 28.7 Å². The number of thioether (sulfide) groups is 1. The summed E-state index contributed by atoms with van der Waals surface area (Å²) in [5.74, 6) is -0.222. The fourth-order valence-electron chi connectivity index (χ4n) is 3.62. The summed E-state index contributed by atoms with van der Waals surface area (Å²) in [5, 5.41) is 21.2. The number of non-ortho nitro benzene ring substituents is 1. The van der Waals surface area contributed by atoms with Crippen molar-refractivity contribution in [3.63, 3.8) is 0 Å². The summed E-state index contributed by atoms with van der Waals surface area (Å²) in [6, 6.07) is 3.36. The zero-order valence-corrected chi connectivity index (χ0v) is 16.7.